The number of nitrogens with one attached hydrogen (secondary N) is 1. The molecule has 0 aliphatic heterocycles. The van der Waals surface area contributed by atoms with Gasteiger partial charge in [-0.15, -0.1) is 0 Å². The van der Waals surface area contributed by atoms with E-state index < -0.39 is 13.1 Å². The van der Waals surface area contributed by atoms with Gasteiger partial charge in [0.15, 0.2) is 0 Å². The molecule has 0 fully saturated rings. The summed E-state index contributed by atoms with van der Waals surface area (Å²) in [6.07, 6.45) is 0.697. The van der Waals surface area contributed by atoms with Crippen molar-refractivity contribution in [1.29, 1.82) is 0 Å². The van der Waals surface area contributed by atoms with Gasteiger partial charge in [0.25, 0.3) is 0 Å². The van der Waals surface area contributed by atoms with Crippen LogP contribution < -0.4 is 5.32 Å². The monoisotopic (exact) mass is 368 g/mol. The summed E-state index contributed by atoms with van der Waals surface area (Å²) in [6, 6.07) is 17.9. The summed E-state index contributed by atoms with van der Waals surface area (Å²) in [4.78, 5) is 14.5. The average Bonchev–Trinajstić information content (AvgIpc) is 2.67. The van der Waals surface area contributed by atoms with Crippen LogP contribution in [0.4, 0.5) is 0 Å². The summed E-state index contributed by atoms with van der Waals surface area (Å²) in [6.45, 7) is 6.39. The Labute approximate surface area is 162 Å². The molecule has 0 aliphatic carbocycles. The summed E-state index contributed by atoms with van der Waals surface area (Å²) in [5.74, 6) is -0.890. The van der Waals surface area contributed by atoms with Crippen LogP contribution in [0, 0.1) is 6.92 Å². The number of rotatable bonds is 10. The second kappa shape index (κ2) is 10.9. The van der Waals surface area contributed by atoms with Crippen LogP contribution in [0.1, 0.15) is 30.0 Å². The molecule has 6 heteroatoms. The third kappa shape index (κ3) is 7.55. The smallest absolute Gasteiger partial charge is 0.426 e. The first kappa shape index (κ1) is 21.2. The lowest BCUT2D eigenvalue weighted by Gasteiger charge is -2.22. The first-order valence-corrected chi connectivity index (χ1v) is 9.45. The number of amides is 1. The molecule has 2 aromatic rings. The maximum atomic E-state index is 12.3. The van der Waals surface area contributed by atoms with E-state index in [1.165, 1.54) is 11.1 Å². The minimum absolute atomic E-state index is 0.175. The quantitative estimate of drug-likeness (QED) is 0.561. The number of nitrogens with zero attached hydrogens (tertiary/aromatic N) is 1. The third-order valence-corrected chi connectivity index (χ3v) is 4.63. The maximum Gasteiger partial charge on any atom is 0.475 e. The van der Waals surface area contributed by atoms with Crippen molar-refractivity contribution >= 4 is 13.0 Å². The van der Waals surface area contributed by atoms with Gasteiger partial charge in [0.2, 0.25) is 5.91 Å². The van der Waals surface area contributed by atoms with Crippen LogP contribution in [0.5, 0.6) is 0 Å². The molecule has 27 heavy (non-hydrogen) atoms. The van der Waals surface area contributed by atoms with Crippen LogP contribution in [0.3, 0.4) is 0 Å². The molecule has 144 valence electrons. The number of aryl methyl sites for hydroxylation is 1. The van der Waals surface area contributed by atoms with Crippen molar-refractivity contribution in [3.05, 3.63) is 71.3 Å². The van der Waals surface area contributed by atoms with Crippen LogP contribution in [0.25, 0.3) is 0 Å². The van der Waals surface area contributed by atoms with Crippen molar-refractivity contribution in [3.8, 4) is 0 Å². The Balaban J connectivity index is 1.83. The lowest BCUT2D eigenvalue weighted by molar-refractivity contribution is -0.121. The van der Waals surface area contributed by atoms with Crippen molar-refractivity contribution < 1.29 is 14.8 Å². The molecule has 2 rings (SSSR count). The molecule has 0 heterocycles. The van der Waals surface area contributed by atoms with Crippen molar-refractivity contribution in [2.45, 2.75) is 39.2 Å². The van der Waals surface area contributed by atoms with Crippen molar-refractivity contribution in [3.63, 3.8) is 0 Å². The van der Waals surface area contributed by atoms with Gasteiger partial charge in [-0.05, 0) is 31.0 Å². The molecule has 0 spiro atoms. The number of hydrogen-bond donors (Lipinski definition) is 3. The molecule has 0 saturated heterocycles. The Kier molecular flexibility index (Phi) is 8.52. The van der Waals surface area contributed by atoms with E-state index >= 15 is 0 Å². The Morgan fingerprint density at radius 3 is 2.33 bits per heavy atom. The zero-order valence-corrected chi connectivity index (χ0v) is 16.1. The molecule has 0 radical (unpaired) electrons. The van der Waals surface area contributed by atoms with Crippen LogP contribution in [0.15, 0.2) is 54.6 Å². The molecule has 1 atom stereocenters. The lowest BCUT2D eigenvalue weighted by atomic mass is 9.76. The third-order valence-electron chi connectivity index (χ3n) is 4.63. The van der Waals surface area contributed by atoms with E-state index in [2.05, 4.69) is 48.3 Å². The lowest BCUT2D eigenvalue weighted by Crippen LogP contribution is -2.48. The summed E-state index contributed by atoms with van der Waals surface area (Å²) in [5.41, 5.74) is 3.40. The van der Waals surface area contributed by atoms with E-state index in [4.69, 9.17) is 0 Å². The topological polar surface area (TPSA) is 72.8 Å². The fourth-order valence-corrected chi connectivity index (χ4v) is 2.94. The summed E-state index contributed by atoms with van der Waals surface area (Å²) < 4.78 is 0. The SMILES string of the molecule is CCN(CCC(=O)N[C@@H](Cc1ccccc1)B(O)O)Cc1ccc(C)cc1. The van der Waals surface area contributed by atoms with Gasteiger partial charge in [-0.25, -0.2) is 0 Å². The van der Waals surface area contributed by atoms with Gasteiger partial charge in [-0.2, -0.15) is 0 Å². The molecule has 0 aromatic heterocycles. The zero-order chi connectivity index (χ0) is 19.6. The molecule has 0 saturated carbocycles. The molecular formula is C21H29BN2O3. The standard InChI is InChI=1S/C21H29BN2O3/c1-3-24(16-19-11-9-17(2)10-12-19)14-13-21(25)23-20(22(26)27)15-18-7-5-4-6-8-18/h4-12,20,26-27H,3,13-16H2,1-2H3,(H,23,25)/t20-/m0/s1. The number of carbonyl (C=O) groups excluding carboxylic acids is 1. The largest absolute Gasteiger partial charge is 0.475 e. The fourth-order valence-electron chi connectivity index (χ4n) is 2.94. The second-order valence-electron chi connectivity index (χ2n) is 6.88. The summed E-state index contributed by atoms with van der Waals surface area (Å²) in [7, 11) is -1.59. The van der Waals surface area contributed by atoms with Crippen molar-refractivity contribution in [2.24, 2.45) is 0 Å². The highest BCUT2D eigenvalue weighted by Gasteiger charge is 2.25. The van der Waals surface area contributed by atoms with Gasteiger partial charge in [-0.3, -0.25) is 9.69 Å². The zero-order valence-electron chi connectivity index (χ0n) is 16.1. The first-order valence-electron chi connectivity index (χ1n) is 9.45. The number of hydrogen-bond acceptors (Lipinski definition) is 4. The highest BCUT2D eigenvalue weighted by Crippen LogP contribution is 2.08. The fraction of sp³-hybridized carbons (Fsp3) is 0.381. The van der Waals surface area contributed by atoms with E-state index in [9.17, 15) is 14.8 Å². The minimum atomic E-state index is -1.59. The minimum Gasteiger partial charge on any atom is -0.426 e. The molecule has 5 nitrogen and oxygen atoms in total. The molecule has 0 aliphatic rings. The Hall–Kier alpha value is -2.15. The first-order chi connectivity index (χ1) is 13.0. The predicted octanol–water partition coefficient (Wildman–Crippen LogP) is 1.95. The number of carbonyl (C=O) groups is 1. The van der Waals surface area contributed by atoms with Crippen LogP contribution in [-0.2, 0) is 17.8 Å². The van der Waals surface area contributed by atoms with Crippen molar-refractivity contribution in [1.82, 2.24) is 10.2 Å². The van der Waals surface area contributed by atoms with Gasteiger partial charge in [-0.1, -0.05) is 67.1 Å². The molecule has 0 unspecified atom stereocenters. The van der Waals surface area contributed by atoms with Gasteiger partial charge in [0.05, 0.1) is 5.94 Å². The highest BCUT2D eigenvalue weighted by atomic mass is 16.4. The highest BCUT2D eigenvalue weighted by molar-refractivity contribution is 6.43. The molecular weight excluding hydrogens is 339 g/mol. The van der Waals surface area contributed by atoms with E-state index in [0.717, 1.165) is 18.7 Å². The van der Waals surface area contributed by atoms with Crippen molar-refractivity contribution in [2.75, 3.05) is 13.1 Å². The average molecular weight is 368 g/mol. The molecule has 1 amide bonds. The van der Waals surface area contributed by atoms with E-state index in [-0.39, 0.29) is 5.91 Å². The van der Waals surface area contributed by atoms with Crippen LogP contribution in [0.2, 0.25) is 0 Å². The van der Waals surface area contributed by atoms with Crippen LogP contribution in [-0.4, -0.2) is 47.0 Å². The molecule has 2 aromatic carbocycles. The van der Waals surface area contributed by atoms with E-state index in [0.29, 0.717) is 19.4 Å². The molecule has 3 N–H and O–H groups in total. The summed E-state index contributed by atoms with van der Waals surface area (Å²) >= 11 is 0. The normalized spacial score (nSPS) is 12.0. The maximum absolute atomic E-state index is 12.3. The van der Waals surface area contributed by atoms with E-state index in [1.807, 2.05) is 30.3 Å². The van der Waals surface area contributed by atoms with Crippen LogP contribution >= 0.6 is 0 Å². The van der Waals surface area contributed by atoms with Gasteiger partial charge < -0.3 is 15.4 Å². The Morgan fingerprint density at radius 2 is 1.74 bits per heavy atom. The summed E-state index contributed by atoms with van der Waals surface area (Å²) in [5, 5.41) is 21.9. The Bertz CT molecular complexity index is 692. The van der Waals surface area contributed by atoms with Gasteiger partial charge in [0, 0.05) is 19.5 Å². The van der Waals surface area contributed by atoms with Gasteiger partial charge >= 0.3 is 7.12 Å². The van der Waals surface area contributed by atoms with E-state index in [1.54, 1.807) is 0 Å². The second-order valence-corrected chi connectivity index (χ2v) is 6.88. The number of benzene rings is 2. The van der Waals surface area contributed by atoms with Gasteiger partial charge in [0.1, 0.15) is 0 Å². The Morgan fingerprint density at radius 1 is 1.07 bits per heavy atom. The molecule has 0 bridgehead atoms. The predicted molar refractivity (Wildman–Crippen MR) is 109 cm³/mol.